The number of benzene rings is 1. The first-order valence-corrected chi connectivity index (χ1v) is 8.66. The molecule has 1 aromatic rings. The number of hydrogen-bond donors (Lipinski definition) is 0. The van der Waals surface area contributed by atoms with Gasteiger partial charge in [-0.3, -0.25) is 4.79 Å². The first-order valence-electron chi connectivity index (χ1n) is 8.66. The van der Waals surface area contributed by atoms with Crippen LogP contribution in [-0.4, -0.2) is 47.9 Å². The summed E-state index contributed by atoms with van der Waals surface area (Å²) in [6, 6.07) is 6.72. The standard InChI is InChI=1S/C19H22N2O.ClH/c22-19-16-6-2-4-14-3-1-5-15(18(14)16)11-21(19)17-12-20-9-7-13(17)8-10-20;/h2,4-6,13,17H,1,3,7-12H2;1H. The second kappa shape index (κ2) is 5.64. The molecule has 1 amide bonds. The molecule has 6 rings (SSSR count). The number of fused-ring (bicyclic) bond motifs is 3. The molecule has 122 valence electrons. The van der Waals surface area contributed by atoms with Crippen LogP contribution in [0.4, 0.5) is 0 Å². The van der Waals surface area contributed by atoms with Crippen LogP contribution in [0.5, 0.6) is 0 Å². The van der Waals surface area contributed by atoms with Gasteiger partial charge in [-0.2, -0.15) is 0 Å². The number of halogens is 1. The molecular weight excluding hydrogens is 308 g/mol. The maximum absolute atomic E-state index is 13.1. The molecule has 4 heterocycles. The van der Waals surface area contributed by atoms with Gasteiger partial charge in [0.05, 0.1) is 0 Å². The van der Waals surface area contributed by atoms with Gasteiger partial charge >= 0.3 is 0 Å². The zero-order valence-electron chi connectivity index (χ0n) is 13.3. The molecule has 5 aliphatic rings. The number of carbonyl (C=O) groups is 1. The number of aryl methyl sites for hydroxylation is 1. The molecule has 1 aliphatic carbocycles. The average molecular weight is 331 g/mol. The number of hydrogen-bond acceptors (Lipinski definition) is 2. The van der Waals surface area contributed by atoms with Crippen LogP contribution in [0.25, 0.3) is 5.57 Å². The lowest BCUT2D eigenvalue weighted by Gasteiger charge is -2.50. The summed E-state index contributed by atoms with van der Waals surface area (Å²) in [6.07, 6.45) is 7.10. The van der Waals surface area contributed by atoms with E-state index in [0.29, 0.717) is 12.0 Å². The van der Waals surface area contributed by atoms with Crippen LogP contribution >= 0.6 is 12.4 Å². The molecule has 0 N–H and O–H groups in total. The summed E-state index contributed by atoms with van der Waals surface area (Å²) in [6.45, 7) is 4.37. The monoisotopic (exact) mass is 330 g/mol. The van der Waals surface area contributed by atoms with Gasteiger partial charge in [0.25, 0.3) is 5.91 Å². The molecule has 1 atom stereocenters. The van der Waals surface area contributed by atoms with E-state index in [1.54, 1.807) is 0 Å². The van der Waals surface area contributed by atoms with Crippen LogP contribution < -0.4 is 0 Å². The van der Waals surface area contributed by atoms with Crippen molar-refractivity contribution < 1.29 is 4.79 Å². The predicted octanol–water partition coefficient (Wildman–Crippen LogP) is 2.99. The second-order valence-corrected chi connectivity index (χ2v) is 7.25. The van der Waals surface area contributed by atoms with Crippen LogP contribution in [0, 0.1) is 5.92 Å². The highest BCUT2D eigenvalue weighted by atomic mass is 35.5. The quantitative estimate of drug-likeness (QED) is 0.790. The minimum atomic E-state index is 0. The smallest absolute Gasteiger partial charge is 0.255 e. The van der Waals surface area contributed by atoms with Crippen molar-refractivity contribution in [1.82, 2.24) is 9.80 Å². The fraction of sp³-hybridized carbons (Fsp3) is 0.526. The van der Waals surface area contributed by atoms with Gasteiger partial charge in [-0.25, -0.2) is 0 Å². The molecule has 0 aromatic heterocycles. The average Bonchev–Trinajstić information content (AvgIpc) is 2.59. The third-order valence-electron chi connectivity index (χ3n) is 6.13. The Balaban J connectivity index is 0.00000135. The van der Waals surface area contributed by atoms with Crippen molar-refractivity contribution >= 4 is 23.9 Å². The van der Waals surface area contributed by atoms with E-state index < -0.39 is 0 Å². The Morgan fingerprint density at radius 2 is 1.96 bits per heavy atom. The molecule has 2 bridgehead atoms. The minimum absolute atomic E-state index is 0. The van der Waals surface area contributed by atoms with E-state index >= 15 is 0 Å². The van der Waals surface area contributed by atoms with Crippen molar-refractivity contribution in [2.24, 2.45) is 5.92 Å². The zero-order chi connectivity index (χ0) is 14.7. The Morgan fingerprint density at radius 1 is 1.13 bits per heavy atom. The number of nitrogens with zero attached hydrogens (tertiary/aromatic N) is 2. The lowest BCUT2D eigenvalue weighted by molar-refractivity contribution is 0.0110. The molecule has 23 heavy (non-hydrogen) atoms. The van der Waals surface area contributed by atoms with Crippen LogP contribution in [0.3, 0.4) is 0 Å². The fourth-order valence-electron chi connectivity index (χ4n) is 4.98. The van der Waals surface area contributed by atoms with Gasteiger partial charge in [-0.05, 0) is 67.5 Å². The number of allylic oxidation sites excluding steroid dienone is 1. The van der Waals surface area contributed by atoms with E-state index in [2.05, 4.69) is 28.0 Å². The summed E-state index contributed by atoms with van der Waals surface area (Å²) in [5, 5.41) is 0. The summed E-state index contributed by atoms with van der Waals surface area (Å²) < 4.78 is 0. The van der Waals surface area contributed by atoms with E-state index in [9.17, 15) is 4.79 Å². The maximum atomic E-state index is 13.1. The highest BCUT2D eigenvalue weighted by Crippen LogP contribution is 2.39. The van der Waals surface area contributed by atoms with Gasteiger partial charge in [0.1, 0.15) is 0 Å². The Hall–Kier alpha value is -1.32. The van der Waals surface area contributed by atoms with E-state index in [1.807, 2.05) is 6.07 Å². The van der Waals surface area contributed by atoms with E-state index in [1.165, 1.54) is 42.6 Å². The van der Waals surface area contributed by atoms with Crippen LogP contribution in [0.2, 0.25) is 0 Å². The van der Waals surface area contributed by atoms with E-state index in [-0.39, 0.29) is 18.3 Å². The molecule has 0 saturated carbocycles. The Morgan fingerprint density at radius 3 is 2.70 bits per heavy atom. The van der Waals surface area contributed by atoms with Gasteiger partial charge < -0.3 is 9.80 Å². The van der Waals surface area contributed by atoms with Crippen molar-refractivity contribution in [3.05, 3.63) is 41.0 Å². The van der Waals surface area contributed by atoms with Crippen molar-refractivity contribution in [3.63, 3.8) is 0 Å². The van der Waals surface area contributed by atoms with Crippen molar-refractivity contribution in [1.29, 1.82) is 0 Å². The minimum Gasteiger partial charge on any atom is -0.330 e. The van der Waals surface area contributed by atoms with Gasteiger partial charge in [-0.15, -0.1) is 12.4 Å². The number of piperidine rings is 3. The molecule has 4 aliphatic heterocycles. The molecule has 0 radical (unpaired) electrons. The summed E-state index contributed by atoms with van der Waals surface area (Å²) in [7, 11) is 0. The van der Waals surface area contributed by atoms with Gasteiger partial charge in [0.2, 0.25) is 0 Å². The maximum Gasteiger partial charge on any atom is 0.255 e. The summed E-state index contributed by atoms with van der Waals surface area (Å²) in [5.74, 6) is 0.984. The first-order chi connectivity index (χ1) is 10.8. The lowest BCUT2D eigenvalue weighted by Crippen LogP contribution is -2.59. The Labute approximate surface area is 143 Å². The Bertz CT molecular complexity index is 676. The Kier molecular flexibility index (Phi) is 3.73. The fourth-order valence-corrected chi connectivity index (χ4v) is 4.98. The largest absolute Gasteiger partial charge is 0.330 e. The molecule has 0 spiro atoms. The molecule has 1 unspecified atom stereocenters. The van der Waals surface area contributed by atoms with Gasteiger partial charge in [0.15, 0.2) is 0 Å². The zero-order valence-corrected chi connectivity index (χ0v) is 14.1. The third-order valence-corrected chi connectivity index (χ3v) is 6.13. The normalized spacial score (nSPS) is 31.3. The molecule has 3 nitrogen and oxygen atoms in total. The van der Waals surface area contributed by atoms with Crippen molar-refractivity contribution in [2.75, 3.05) is 26.2 Å². The van der Waals surface area contributed by atoms with Crippen molar-refractivity contribution in [3.8, 4) is 0 Å². The summed E-state index contributed by atoms with van der Waals surface area (Å²) >= 11 is 0. The third kappa shape index (κ3) is 2.25. The van der Waals surface area contributed by atoms with Crippen LogP contribution in [0.1, 0.15) is 40.7 Å². The first kappa shape index (κ1) is 15.2. The topological polar surface area (TPSA) is 23.6 Å². The van der Waals surface area contributed by atoms with E-state index in [4.69, 9.17) is 0 Å². The number of amides is 1. The SMILES string of the molecule is Cl.O=C1c2cccc3c2C(=CCC3)CN1C1CN2CCC1CC2. The van der Waals surface area contributed by atoms with Gasteiger partial charge in [-0.1, -0.05) is 18.2 Å². The molecule has 1 aromatic carbocycles. The molecule has 3 saturated heterocycles. The summed E-state index contributed by atoms with van der Waals surface area (Å²) in [5.41, 5.74) is 4.98. The van der Waals surface area contributed by atoms with Crippen molar-refractivity contribution in [2.45, 2.75) is 31.7 Å². The van der Waals surface area contributed by atoms with Crippen LogP contribution in [-0.2, 0) is 6.42 Å². The highest BCUT2D eigenvalue weighted by molar-refractivity contribution is 6.04. The van der Waals surface area contributed by atoms with Crippen LogP contribution in [0.15, 0.2) is 24.3 Å². The second-order valence-electron chi connectivity index (χ2n) is 7.25. The molecule has 4 heteroatoms. The number of carbonyl (C=O) groups excluding carboxylic acids is 1. The van der Waals surface area contributed by atoms with E-state index in [0.717, 1.165) is 31.5 Å². The number of rotatable bonds is 1. The molecule has 3 fully saturated rings. The summed E-state index contributed by atoms with van der Waals surface area (Å²) in [4.78, 5) is 17.8. The molecular formula is C19H23ClN2O. The lowest BCUT2D eigenvalue weighted by atomic mass is 9.79. The van der Waals surface area contributed by atoms with Gasteiger partial charge in [0, 0.05) is 24.7 Å². The predicted molar refractivity (Wildman–Crippen MR) is 94.0 cm³/mol. The highest BCUT2D eigenvalue weighted by Gasteiger charge is 2.42.